The molecule has 3 aromatic rings. The Bertz CT molecular complexity index is 1220. The summed E-state index contributed by atoms with van der Waals surface area (Å²) in [4.78, 5) is 29.1. The van der Waals surface area contributed by atoms with Crippen LogP contribution in [0.2, 0.25) is 0 Å². The molecule has 0 saturated carbocycles. The van der Waals surface area contributed by atoms with Crippen LogP contribution in [0.25, 0.3) is 10.2 Å². The number of anilines is 2. The van der Waals surface area contributed by atoms with E-state index in [1.54, 1.807) is 4.90 Å². The van der Waals surface area contributed by atoms with E-state index in [1.807, 2.05) is 11.3 Å². The summed E-state index contributed by atoms with van der Waals surface area (Å²) >= 11 is 1.82. The molecule has 6 nitrogen and oxygen atoms in total. The molecular formula is C25H29F2N5OS. The van der Waals surface area contributed by atoms with Gasteiger partial charge in [-0.3, -0.25) is 0 Å². The van der Waals surface area contributed by atoms with E-state index in [4.69, 9.17) is 9.97 Å². The Morgan fingerprint density at radius 2 is 1.97 bits per heavy atom. The first kappa shape index (κ1) is 23.0. The molecule has 34 heavy (non-hydrogen) atoms. The summed E-state index contributed by atoms with van der Waals surface area (Å²) in [6.07, 6.45) is 5.20. The van der Waals surface area contributed by atoms with Crippen molar-refractivity contribution in [3.63, 3.8) is 0 Å². The number of carbonyl (C=O) groups excluding carboxylic acids is 1. The zero-order valence-electron chi connectivity index (χ0n) is 19.5. The predicted octanol–water partition coefficient (Wildman–Crippen LogP) is 5.40. The molecule has 5 rings (SSSR count). The smallest absolute Gasteiger partial charge is 0.321 e. The lowest BCUT2D eigenvalue weighted by Crippen LogP contribution is -2.50. The number of nitrogens with zero attached hydrogens (tertiary/aromatic N) is 4. The van der Waals surface area contributed by atoms with Gasteiger partial charge in [0.05, 0.1) is 5.39 Å². The summed E-state index contributed by atoms with van der Waals surface area (Å²) < 4.78 is 26.7. The molecule has 3 heterocycles. The molecule has 1 atom stereocenters. The molecule has 180 valence electrons. The third kappa shape index (κ3) is 4.45. The standard InChI is InChI=1S/C25H29F2N5OS/c1-3-4-21-29-23(22-17-7-5-15(2)13-20(17)34-24(22)30-21)31-9-11-32(12-10-31)25(33)28-16-6-8-18(26)19(27)14-16/h6,8,14-15H,3-5,7,9-13H2,1-2H3,(H,28,33). The van der Waals surface area contributed by atoms with Gasteiger partial charge in [0.15, 0.2) is 11.6 Å². The van der Waals surface area contributed by atoms with Crippen molar-refractivity contribution in [1.29, 1.82) is 0 Å². The Balaban J connectivity index is 1.35. The number of piperazine rings is 1. The maximum absolute atomic E-state index is 13.5. The van der Waals surface area contributed by atoms with Crippen LogP contribution in [0.15, 0.2) is 18.2 Å². The highest BCUT2D eigenvalue weighted by Gasteiger charge is 2.28. The number of benzene rings is 1. The lowest BCUT2D eigenvalue weighted by Gasteiger charge is -2.36. The summed E-state index contributed by atoms with van der Waals surface area (Å²) in [7, 11) is 0. The van der Waals surface area contributed by atoms with Gasteiger partial charge in [-0.05, 0) is 49.3 Å². The van der Waals surface area contributed by atoms with E-state index in [1.165, 1.54) is 28.3 Å². The Morgan fingerprint density at radius 3 is 2.71 bits per heavy atom. The van der Waals surface area contributed by atoms with Crippen LogP contribution in [0.5, 0.6) is 0 Å². The number of amides is 2. The first-order valence-electron chi connectivity index (χ1n) is 12.0. The van der Waals surface area contributed by atoms with Crippen molar-refractivity contribution in [2.24, 2.45) is 5.92 Å². The van der Waals surface area contributed by atoms with Gasteiger partial charge in [0.25, 0.3) is 0 Å². The molecule has 0 bridgehead atoms. The Morgan fingerprint density at radius 1 is 1.18 bits per heavy atom. The van der Waals surface area contributed by atoms with Gasteiger partial charge >= 0.3 is 6.03 Å². The molecule has 1 unspecified atom stereocenters. The van der Waals surface area contributed by atoms with Gasteiger partial charge in [0.1, 0.15) is 16.5 Å². The molecule has 1 aliphatic heterocycles. The molecule has 0 radical (unpaired) electrons. The number of rotatable bonds is 4. The molecule has 2 aromatic heterocycles. The number of carbonyl (C=O) groups is 1. The Kier molecular flexibility index (Phi) is 6.38. The fourth-order valence-corrected chi connectivity index (χ4v) is 6.22. The zero-order valence-corrected chi connectivity index (χ0v) is 20.4. The summed E-state index contributed by atoms with van der Waals surface area (Å²) in [5, 5.41) is 3.87. The van der Waals surface area contributed by atoms with Crippen molar-refractivity contribution in [2.45, 2.75) is 46.0 Å². The first-order chi connectivity index (χ1) is 16.4. The van der Waals surface area contributed by atoms with Gasteiger partial charge in [-0.25, -0.2) is 23.5 Å². The number of hydrogen-bond acceptors (Lipinski definition) is 5. The zero-order chi connectivity index (χ0) is 23.8. The minimum atomic E-state index is -0.980. The predicted molar refractivity (Wildman–Crippen MR) is 132 cm³/mol. The topological polar surface area (TPSA) is 61.4 Å². The molecule has 1 fully saturated rings. The lowest BCUT2D eigenvalue weighted by molar-refractivity contribution is 0.208. The van der Waals surface area contributed by atoms with Gasteiger partial charge in [-0.15, -0.1) is 11.3 Å². The average Bonchev–Trinajstić information content (AvgIpc) is 3.18. The molecule has 1 saturated heterocycles. The second kappa shape index (κ2) is 9.44. The van der Waals surface area contributed by atoms with Gasteiger partial charge in [0.2, 0.25) is 0 Å². The first-order valence-corrected chi connectivity index (χ1v) is 12.8. The highest BCUT2D eigenvalue weighted by molar-refractivity contribution is 7.19. The number of nitrogens with one attached hydrogen (secondary N) is 1. The summed E-state index contributed by atoms with van der Waals surface area (Å²) in [5.74, 6) is 0.669. The molecule has 0 spiro atoms. The average molecular weight is 486 g/mol. The van der Waals surface area contributed by atoms with E-state index < -0.39 is 11.6 Å². The number of urea groups is 1. The van der Waals surface area contributed by atoms with Crippen molar-refractivity contribution in [1.82, 2.24) is 14.9 Å². The van der Waals surface area contributed by atoms with Gasteiger partial charge in [-0.2, -0.15) is 0 Å². The van der Waals surface area contributed by atoms with Crippen LogP contribution in [-0.2, 0) is 19.3 Å². The van der Waals surface area contributed by atoms with Gasteiger partial charge < -0.3 is 15.1 Å². The quantitative estimate of drug-likeness (QED) is 0.538. The second-order valence-electron chi connectivity index (χ2n) is 9.28. The lowest BCUT2D eigenvalue weighted by atomic mass is 9.89. The van der Waals surface area contributed by atoms with Crippen LogP contribution in [-0.4, -0.2) is 47.1 Å². The highest BCUT2D eigenvalue weighted by Crippen LogP contribution is 2.41. The normalized spacial score (nSPS) is 18.3. The van der Waals surface area contributed by atoms with Crippen molar-refractivity contribution in [3.8, 4) is 0 Å². The monoisotopic (exact) mass is 485 g/mol. The van der Waals surface area contributed by atoms with Crippen LogP contribution < -0.4 is 10.2 Å². The van der Waals surface area contributed by atoms with E-state index in [2.05, 4.69) is 24.1 Å². The second-order valence-corrected chi connectivity index (χ2v) is 10.4. The minimum absolute atomic E-state index is 0.243. The summed E-state index contributed by atoms with van der Waals surface area (Å²) in [6.45, 7) is 6.81. The van der Waals surface area contributed by atoms with Crippen LogP contribution in [0, 0.1) is 17.6 Å². The van der Waals surface area contributed by atoms with Crippen molar-refractivity contribution >= 4 is 39.1 Å². The largest absolute Gasteiger partial charge is 0.352 e. The van der Waals surface area contributed by atoms with E-state index >= 15 is 0 Å². The number of hydrogen-bond donors (Lipinski definition) is 1. The molecular weight excluding hydrogens is 456 g/mol. The number of aromatic nitrogens is 2. The van der Waals surface area contributed by atoms with Gasteiger partial charge in [-0.1, -0.05) is 13.8 Å². The van der Waals surface area contributed by atoms with E-state index in [0.717, 1.165) is 54.3 Å². The number of aryl methyl sites for hydroxylation is 2. The number of halogens is 2. The van der Waals surface area contributed by atoms with Crippen LogP contribution in [0.1, 0.15) is 43.0 Å². The fraction of sp³-hybridized carbons (Fsp3) is 0.480. The molecule has 1 aliphatic carbocycles. The summed E-state index contributed by atoms with van der Waals surface area (Å²) in [5.41, 5.74) is 1.65. The summed E-state index contributed by atoms with van der Waals surface area (Å²) in [6, 6.07) is 3.06. The third-order valence-electron chi connectivity index (χ3n) is 6.69. The van der Waals surface area contributed by atoms with Crippen LogP contribution in [0.4, 0.5) is 25.1 Å². The van der Waals surface area contributed by atoms with Crippen LogP contribution >= 0.6 is 11.3 Å². The molecule has 2 amide bonds. The van der Waals surface area contributed by atoms with E-state index in [9.17, 15) is 13.6 Å². The molecule has 9 heteroatoms. The molecule has 1 aromatic carbocycles. The van der Waals surface area contributed by atoms with Crippen molar-refractivity contribution in [3.05, 3.63) is 46.1 Å². The number of thiophene rings is 1. The van der Waals surface area contributed by atoms with E-state index in [-0.39, 0.29) is 11.7 Å². The SMILES string of the molecule is CCCc1nc(N2CCN(C(=O)Nc3ccc(F)c(F)c3)CC2)c2c3c(sc2n1)CC(C)CC3. The Labute approximate surface area is 202 Å². The van der Waals surface area contributed by atoms with Crippen molar-refractivity contribution < 1.29 is 13.6 Å². The van der Waals surface area contributed by atoms with Crippen LogP contribution in [0.3, 0.4) is 0 Å². The van der Waals surface area contributed by atoms with E-state index in [0.29, 0.717) is 32.1 Å². The maximum Gasteiger partial charge on any atom is 0.321 e. The Hall–Kier alpha value is -2.81. The molecule has 2 aliphatic rings. The van der Waals surface area contributed by atoms with Crippen molar-refractivity contribution in [2.75, 3.05) is 36.4 Å². The van der Waals surface area contributed by atoms with Gasteiger partial charge in [0, 0.05) is 49.2 Å². The molecule has 1 N–H and O–H groups in total. The maximum atomic E-state index is 13.5. The third-order valence-corrected chi connectivity index (χ3v) is 7.84. The highest BCUT2D eigenvalue weighted by atomic mass is 32.1. The minimum Gasteiger partial charge on any atom is -0.352 e. The fourth-order valence-electron chi connectivity index (χ4n) is 4.83. The number of fused-ring (bicyclic) bond motifs is 3.